The molecule has 6 heteroatoms. The Labute approximate surface area is 197 Å². The van der Waals surface area contributed by atoms with E-state index in [1.807, 2.05) is 25.1 Å². The van der Waals surface area contributed by atoms with Crippen LogP contribution in [-0.4, -0.2) is 28.8 Å². The van der Waals surface area contributed by atoms with E-state index in [0.717, 1.165) is 16.9 Å². The summed E-state index contributed by atoms with van der Waals surface area (Å²) >= 11 is 0. The topological polar surface area (TPSA) is 62.9 Å². The van der Waals surface area contributed by atoms with Gasteiger partial charge in [0.05, 0.1) is 19.8 Å². The molecular formula is C27H33NO4Si. The lowest BCUT2D eigenvalue weighted by molar-refractivity contribution is 0.171. The lowest BCUT2D eigenvalue weighted by Gasteiger charge is -2.43. The molecule has 0 bridgehead atoms. The van der Waals surface area contributed by atoms with Crippen LogP contribution >= 0.6 is 0 Å². The summed E-state index contributed by atoms with van der Waals surface area (Å²) < 4.78 is 24.1. The number of hydrogen-bond donors (Lipinski definition) is 1. The fourth-order valence-corrected chi connectivity index (χ4v) is 9.34. The number of rotatable bonds is 7. The van der Waals surface area contributed by atoms with Crippen LogP contribution in [0.15, 0.2) is 66.7 Å². The highest BCUT2D eigenvalue weighted by Crippen LogP contribution is 2.45. The van der Waals surface area contributed by atoms with Crippen LogP contribution < -0.4 is 30.3 Å². The molecule has 3 aromatic carbocycles. The normalized spacial score (nSPS) is 14.2. The second-order valence-corrected chi connectivity index (χ2v) is 13.7. The summed E-state index contributed by atoms with van der Waals surface area (Å²) in [6.07, 6.45) is 0. The van der Waals surface area contributed by atoms with Gasteiger partial charge >= 0.3 is 0 Å². The maximum absolute atomic E-state index is 7.02. The smallest absolute Gasteiger partial charge is 0.261 e. The molecule has 0 aromatic heterocycles. The third kappa shape index (κ3) is 4.14. The highest BCUT2D eigenvalue weighted by atomic mass is 28.4. The number of methoxy groups -OCH3 is 1. The summed E-state index contributed by atoms with van der Waals surface area (Å²) in [5, 5.41) is 2.33. The summed E-state index contributed by atoms with van der Waals surface area (Å²) in [5.41, 5.74) is 8.50. The molecule has 2 N–H and O–H groups in total. The van der Waals surface area contributed by atoms with Crippen molar-refractivity contribution < 1.29 is 18.6 Å². The van der Waals surface area contributed by atoms with E-state index in [-0.39, 0.29) is 11.8 Å². The first-order chi connectivity index (χ1) is 15.8. The molecule has 4 rings (SSSR count). The molecule has 33 heavy (non-hydrogen) atoms. The van der Waals surface area contributed by atoms with E-state index in [1.54, 1.807) is 7.11 Å². The molecule has 0 saturated heterocycles. The van der Waals surface area contributed by atoms with Crippen LogP contribution in [-0.2, 0) is 4.43 Å². The molecule has 0 fully saturated rings. The van der Waals surface area contributed by atoms with E-state index in [4.69, 9.17) is 24.4 Å². The van der Waals surface area contributed by atoms with Crippen molar-refractivity contribution in [2.45, 2.75) is 38.8 Å². The minimum Gasteiger partial charge on any atom is -0.496 e. The van der Waals surface area contributed by atoms with Crippen LogP contribution in [0, 0.1) is 6.92 Å². The number of fused-ring (bicyclic) bond motifs is 1. The quantitative estimate of drug-likeness (QED) is 0.529. The van der Waals surface area contributed by atoms with Crippen molar-refractivity contribution in [1.82, 2.24) is 0 Å². The van der Waals surface area contributed by atoms with Crippen LogP contribution in [0.2, 0.25) is 5.04 Å². The fourth-order valence-electron chi connectivity index (χ4n) is 4.75. The van der Waals surface area contributed by atoms with Gasteiger partial charge in [0.25, 0.3) is 8.32 Å². The maximum atomic E-state index is 7.02. The van der Waals surface area contributed by atoms with Crippen molar-refractivity contribution in [3.8, 4) is 17.2 Å². The Morgan fingerprint density at radius 3 is 2.00 bits per heavy atom. The Hall–Kier alpha value is -2.80. The van der Waals surface area contributed by atoms with Gasteiger partial charge in [0.1, 0.15) is 5.75 Å². The molecule has 5 nitrogen and oxygen atoms in total. The minimum absolute atomic E-state index is 0.123. The van der Waals surface area contributed by atoms with E-state index >= 15 is 0 Å². The molecule has 0 spiro atoms. The van der Waals surface area contributed by atoms with E-state index in [1.165, 1.54) is 10.4 Å². The summed E-state index contributed by atoms with van der Waals surface area (Å²) in [7, 11) is -1.04. The molecule has 0 radical (unpaired) electrons. The average Bonchev–Trinajstić information content (AvgIpc) is 3.31. The van der Waals surface area contributed by atoms with E-state index in [2.05, 4.69) is 69.3 Å². The lowest BCUT2D eigenvalue weighted by atomic mass is 10.0. The average molecular weight is 464 g/mol. The lowest BCUT2D eigenvalue weighted by Crippen LogP contribution is -2.67. The zero-order valence-corrected chi connectivity index (χ0v) is 21.1. The van der Waals surface area contributed by atoms with Gasteiger partial charge in [-0.15, -0.1) is 0 Å². The fraction of sp³-hybridized carbons (Fsp3) is 0.333. The highest BCUT2D eigenvalue weighted by molar-refractivity contribution is 6.99. The number of ether oxygens (including phenoxy) is 3. The summed E-state index contributed by atoms with van der Waals surface area (Å²) in [5.74, 6) is 2.12. The van der Waals surface area contributed by atoms with Gasteiger partial charge in [0, 0.05) is 11.1 Å². The highest BCUT2D eigenvalue weighted by Gasteiger charge is 2.50. The van der Waals surface area contributed by atoms with Crippen molar-refractivity contribution in [3.05, 3.63) is 77.9 Å². The minimum atomic E-state index is -2.69. The summed E-state index contributed by atoms with van der Waals surface area (Å²) in [4.78, 5) is 0. The number of hydrogen-bond acceptors (Lipinski definition) is 5. The van der Waals surface area contributed by atoms with E-state index in [0.29, 0.717) is 18.1 Å². The predicted molar refractivity (Wildman–Crippen MR) is 134 cm³/mol. The van der Waals surface area contributed by atoms with Gasteiger partial charge in [-0.1, -0.05) is 81.4 Å². The molecule has 0 unspecified atom stereocenters. The maximum Gasteiger partial charge on any atom is 0.261 e. The Kier molecular flexibility index (Phi) is 6.52. The second-order valence-electron chi connectivity index (χ2n) is 9.44. The standard InChI is InChI=1S/C27H33NO4Si/c1-19-24(29-5)16-22(26-25(19)30-18-31-26)23(28)17-32-33(27(2,3)4,20-12-8-6-9-13-20)21-14-10-7-11-15-21/h6-16,23H,17-18,28H2,1-5H3/t23-/m0/s1. The van der Waals surface area contributed by atoms with Gasteiger partial charge in [-0.2, -0.15) is 0 Å². The molecule has 174 valence electrons. The Morgan fingerprint density at radius 1 is 0.939 bits per heavy atom. The second kappa shape index (κ2) is 9.21. The third-order valence-electron chi connectivity index (χ3n) is 6.39. The van der Waals surface area contributed by atoms with Gasteiger partial charge in [0.15, 0.2) is 11.5 Å². The Morgan fingerprint density at radius 2 is 1.48 bits per heavy atom. The van der Waals surface area contributed by atoms with Gasteiger partial charge in [-0.05, 0) is 28.4 Å². The van der Waals surface area contributed by atoms with Crippen molar-refractivity contribution in [1.29, 1.82) is 0 Å². The third-order valence-corrected chi connectivity index (χ3v) is 11.4. The van der Waals surface area contributed by atoms with Crippen LogP contribution in [0.25, 0.3) is 0 Å². The van der Waals surface area contributed by atoms with Crippen molar-refractivity contribution in [2.75, 3.05) is 20.5 Å². The van der Waals surface area contributed by atoms with Gasteiger partial charge in [-0.25, -0.2) is 0 Å². The van der Waals surface area contributed by atoms with E-state index in [9.17, 15) is 0 Å². The van der Waals surface area contributed by atoms with Crippen molar-refractivity contribution in [2.24, 2.45) is 5.73 Å². The largest absolute Gasteiger partial charge is 0.496 e. The molecule has 1 aliphatic heterocycles. The zero-order chi connectivity index (χ0) is 23.6. The van der Waals surface area contributed by atoms with Crippen molar-refractivity contribution in [3.63, 3.8) is 0 Å². The van der Waals surface area contributed by atoms with Crippen LogP contribution in [0.4, 0.5) is 0 Å². The van der Waals surface area contributed by atoms with Gasteiger partial charge in [0.2, 0.25) is 6.79 Å². The van der Waals surface area contributed by atoms with Crippen LogP contribution in [0.1, 0.15) is 37.9 Å². The molecule has 0 saturated carbocycles. The first-order valence-electron chi connectivity index (χ1n) is 11.3. The number of nitrogens with two attached hydrogens (primary N) is 1. The van der Waals surface area contributed by atoms with E-state index < -0.39 is 14.4 Å². The summed E-state index contributed by atoms with van der Waals surface area (Å²) in [6.45, 7) is 9.26. The Bertz CT molecular complexity index is 1060. The molecule has 0 aliphatic carbocycles. The predicted octanol–water partition coefficient (Wildman–Crippen LogP) is 4.31. The Balaban J connectivity index is 1.76. The SMILES string of the molecule is COc1cc([C@@H](N)CO[Si](c2ccccc2)(c2ccccc2)C(C)(C)C)c2c(c1C)OCO2. The summed E-state index contributed by atoms with van der Waals surface area (Å²) in [6, 6.07) is 22.7. The van der Waals surface area contributed by atoms with Crippen LogP contribution in [0.5, 0.6) is 17.2 Å². The molecule has 0 amide bonds. The van der Waals surface area contributed by atoms with Gasteiger partial charge in [-0.3, -0.25) is 0 Å². The zero-order valence-electron chi connectivity index (χ0n) is 20.1. The molecule has 3 aromatic rings. The molecule has 1 atom stereocenters. The molecule has 1 heterocycles. The molecule has 1 aliphatic rings. The monoisotopic (exact) mass is 463 g/mol. The first-order valence-corrected chi connectivity index (χ1v) is 13.2. The van der Waals surface area contributed by atoms with Gasteiger partial charge < -0.3 is 24.4 Å². The first kappa shape index (κ1) is 23.4. The van der Waals surface area contributed by atoms with Crippen molar-refractivity contribution >= 4 is 18.7 Å². The molecular weight excluding hydrogens is 430 g/mol. The van der Waals surface area contributed by atoms with Crippen LogP contribution in [0.3, 0.4) is 0 Å². The number of benzene rings is 3.